The van der Waals surface area contributed by atoms with E-state index in [1.54, 1.807) is 6.08 Å². The SMILES string of the molecule is C=Cc1c2[nH]c(c1C)C=c1[nH]c(c(CCC(=O)O)c1C)=Cc1[nH]c(c(C)c1CCC(=O)O)C=c1[nH]c(c(C)c1CCC(=O)O)=C2. The van der Waals surface area contributed by atoms with Crippen LogP contribution in [0.2, 0.25) is 0 Å². The lowest BCUT2D eigenvalue weighted by molar-refractivity contribution is -0.138. The van der Waals surface area contributed by atoms with Crippen LogP contribution < -0.4 is 21.4 Å². The fourth-order valence-corrected chi connectivity index (χ4v) is 6.25. The van der Waals surface area contributed by atoms with Crippen LogP contribution in [-0.2, 0) is 33.6 Å². The van der Waals surface area contributed by atoms with E-state index in [9.17, 15) is 29.7 Å². The number of nitrogens with one attached hydrogen (secondary N) is 4. The largest absolute Gasteiger partial charge is 0.481 e. The molecule has 10 nitrogen and oxygen atoms in total. The van der Waals surface area contributed by atoms with Crippen LogP contribution in [0.4, 0.5) is 0 Å². The van der Waals surface area contributed by atoms with Crippen LogP contribution >= 0.6 is 0 Å². The molecule has 0 unspecified atom stereocenters. The van der Waals surface area contributed by atoms with Crippen LogP contribution in [0, 0.1) is 27.7 Å². The molecule has 0 fully saturated rings. The first-order valence-electron chi connectivity index (χ1n) is 14.9. The van der Waals surface area contributed by atoms with E-state index >= 15 is 0 Å². The van der Waals surface area contributed by atoms with E-state index in [0.717, 1.165) is 88.7 Å². The lowest BCUT2D eigenvalue weighted by Crippen LogP contribution is -2.14. The predicted molar refractivity (Wildman–Crippen MR) is 173 cm³/mol. The van der Waals surface area contributed by atoms with E-state index < -0.39 is 17.9 Å². The molecule has 1 aliphatic heterocycles. The maximum atomic E-state index is 11.6. The van der Waals surface area contributed by atoms with Crippen LogP contribution in [0.25, 0.3) is 30.4 Å². The first kappa shape index (κ1) is 31.2. The maximum Gasteiger partial charge on any atom is 0.303 e. The molecule has 10 heteroatoms. The molecule has 4 aromatic rings. The Kier molecular flexibility index (Phi) is 8.59. The Morgan fingerprint density at radius 1 is 0.556 bits per heavy atom. The minimum absolute atomic E-state index is 0.0302. The van der Waals surface area contributed by atoms with Crippen molar-refractivity contribution in [1.29, 1.82) is 0 Å². The third-order valence-corrected chi connectivity index (χ3v) is 8.85. The molecule has 0 amide bonds. The highest BCUT2D eigenvalue weighted by molar-refractivity contribution is 5.72. The smallest absolute Gasteiger partial charge is 0.303 e. The van der Waals surface area contributed by atoms with Crippen LogP contribution in [0.1, 0.15) is 86.5 Å². The summed E-state index contributed by atoms with van der Waals surface area (Å²) in [5, 5.41) is 31.6. The van der Waals surface area contributed by atoms with Crippen molar-refractivity contribution in [3.63, 3.8) is 0 Å². The minimum atomic E-state index is -0.907. The summed E-state index contributed by atoms with van der Waals surface area (Å²) < 4.78 is 0. The molecule has 0 saturated heterocycles. The van der Waals surface area contributed by atoms with Gasteiger partial charge in [-0.2, -0.15) is 0 Å². The molecule has 8 bridgehead atoms. The van der Waals surface area contributed by atoms with Gasteiger partial charge in [0.1, 0.15) is 0 Å². The summed E-state index contributed by atoms with van der Waals surface area (Å²) in [5.74, 6) is -2.69. The zero-order valence-corrected chi connectivity index (χ0v) is 25.9. The predicted octanol–water partition coefficient (Wildman–Crippen LogP) is 2.56. The molecule has 5 heterocycles. The molecule has 7 N–H and O–H groups in total. The molecule has 0 radical (unpaired) electrons. The van der Waals surface area contributed by atoms with Crippen molar-refractivity contribution in [3.05, 3.63) is 95.3 Å². The van der Waals surface area contributed by atoms with Crippen molar-refractivity contribution >= 4 is 48.3 Å². The molecular weight excluding hydrogens is 572 g/mol. The number of aromatic nitrogens is 4. The minimum Gasteiger partial charge on any atom is -0.481 e. The van der Waals surface area contributed by atoms with Gasteiger partial charge in [0.2, 0.25) is 0 Å². The molecule has 0 spiro atoms. The Balaban J connectivity index is 1.90. The zero-order chi connectivity index (χ0) is 32.6. The number of carboxylic acid groups (broad SMARTS) is 3. The fourth-order valence-electron chi connectivity index (χ4n) is 6.25. The molecule has 4 aromatic heterocycles. The number of hydrogen-bond acceptors (Lipinski definition) is 3. The first-order chi connectivity index (χ1) is 21.4. The van der Waals surface area contributed by atoms with Crippen molar-refractivity contribution in [2.75, 3.05) is 0 Å². The van der Waals surface area contributed by atoms with Crippen molar-refractivity contribution in [1.82, 2.24) is 19.9 Å². The molecule has 1 aliphatic rings. The standard InChI is InChI=1S/C35H38N4O6/c1-6-21-17(2)25-13-26-18(3)23(8-11-34(42)43)31(37-26)16-32-24(9-12-35(44)45)20(5)28(39-32)15-30-22(7-10-33(40)41)19(4)27(38-30)14-29(21)36-25/h6,13-16,36-39H,1,7-12H2,2-5H3,(H,40,41)(H,42,43)(H,44,45). The number of rotatable bonds is 10. The Bertz CT molecular complexity index is 2120. The van der Waals surface area contributed by atoms with Crippen molar-refractivity contribution in [2.45, 2.75) is 66.2 Å². The molecule has 0 atom stereocenters. The number of H-pyrrole nitrogens is 4. The third kappa shape index (κ3) is 6.22. The van der Waals surface area contributed by atoms with E-state index in [-0.39, 0.29) is 19.3 Å². The number of aromatic amines is 4. The molecule has 5 rings (SSSR count). The second-order valence-corrected chi connectivity index (χ2v) is 11.6. The molecule has 0 saturated carbocycles. The topological polar surface area (TPSA) is 175 Å². The summed E-state index contributed by atoms with van der Waals surface area (Å²) in [5.41, 5.74) is 10.5. The van der Waals surface area contributed by atoms with Crippen LogP contribution in [0.5, 0.6) is 0 Å². The van der Waals surface area contributed by atoms with Gasteiger partial charge in [0, 0.05) is 69.0 Å². The van der Waals surface area contributed by atoms with E-state index in [1.807, 2.05) is 52.0 Å². The van der Waals surface area contributed by atoms with Gasteiger partial charge in [-0.1, -0.05) is 12.7 Å². The monoisotopic (exact) mass is 610 g/mol. The van der Waals surface area contributed by atoms with Gasteiger partial charge in [-0.3, -0.25) is 14.4 Å². The van der Waals surface area contributed by atoms with Crippen molar-refractivity contribution in [2.24, 2.45) is 0 Å². The Labute approximate surface area is 259 Å². The highest BCUT2D eigenvalue weighted by atomic mass is 16.4. The summed E-state index contributed by atoms with van der Waals surface area (Å²) in [4.78, 5) is 48.8. The summed E-state index contributed by atoms with van der Waals surface area (Å²) in [6, 6.07) is 0. The Morgan fingerprint density at radius 3 is 1.44 bits per heavy atom. The molecular formula is C35H38N4O6. The molecule has 234 valence electrons. The highest BCUT2D eigenvalue weighted by Gasteiger charge is 2.18. The Hall–Kier alpha value is -5.25. The number of carboxylic acids is 3. The molecule has 0 aromatic carbocycles. The zero-order valence-electron chi connectivity index (χ0n) is 25.9. The summed E-state index contributed by atoms with van der Waals surface area (Å²) in [7, 11) is 0. The molecule has 0 aliphatic carbocycles. The third-order valence-electron chi connectivity index (χ3n) is 8.85. The van der Waals surface area contributed by atoms with Crippen LogP contribution in [0.3, 0.4) is 0 Å². The normalized spacial score (nSPS) is 12.1. The van der Waals surface area contributed by atoms with Gasteiger partial charge in [-0.05, 0) is 110 Å². The first-order valence-corrected chi connectivity index (χ1v) is 14.9. The number of hydrogen-bond donors (Lipinski definition) is 7. The van der Waals surface area contributed by atoms with Gasteiger partial charge in [-0.25, -0.2) is 0 Å². The van der Waals surface area contributed by atoms with E-state index in [2.05, 4.69) is 26.5 Å². The average Bonchev–Trinajstić information content (AvgIpc) is 3.63. The van der Waals surface area contributed by atoms with E-state index in [0.29, 0.717) is 19.3 Å². The van der Waals surface area contributed by atoms with Gasteiger partial charge in [0.25, 0.3) is 0 Å². The molecule has 45 heavy (non-hydrogen) atoms. The van der Waals surface area contributed by atoms with Crippen molar-refractivity contribution < 1.29 is 29.7 Å². The fraction of sp³-hybridized carbons (Fsp3) is 0.286. The van der Waals surface area contributed by atoms with Gasteiger partial charge < -0.3 is 35.3 Å². The van der Waals surface area contributed by atoms with E-state index in [4.69, 9.17) is 0 Å². The maximum absolute atomic E-state index is 11.6. The summed E-state index contributed by atoms with van der Waals surface area (Å²) in [6.45, 7) is 11.9. The summed E-state index contributed by atoms with van der Waals surface area (Å²) >= 11 is 0. The van der Waals surface area contributed by atoms with Crippen molar-refractivity contribution in [3.8, 4) is 0 Å². The number of carbonyl (C=O) groups is 3. The van der Waals surface area contributed by atoms with Crippen LogP contribution in [-0.4, -0.2) is 53.2 Å². The quantitative estimate of drug-likeness (QED) is 0.128. The van der Waals surface area contributed by atoms with Crippen LogP contribution in [0.15, 0.2) is 6.58 Å². The number of aliphatic carboxylic acids is 3. The number of fused-ring (bicyclic) bond motifs is 8. The van der Waals surface area contributed by atoms with Gasteiger partial charge >= 0.3 is 17.9 Å². The second-order valence-electron chi connectivity index (χ2n) is 11.6. The average molecular weight is 611 g/mol. The lowest BCUT2D eigenvalue weighted by atomic mass is 10.0. The van der Waals surface area contributed by atoms with Gasteiger partial charge in [0.15, 0.2) is 0 Å². The van der Waals surface area contributed by atoms with E-state index in [1.165, 1.54) is 0 Å². The second kappa shape index (κ2) is 12.4. The van der Waals surface area contributed by atoms with Gasteiger partial charge in [-0.15, -0.1) is 0 Å². The Morgan fingerprint density at radius 2 is 0.956 bits per heavy atom. The summed E-state index contributed by atoms with van der Waals surface area (Å²) in [6.07, 6.45) is 10.5. The van der Waals surface area contributed by atoms with Gasteiger partial charge in [0.05, 0.1) is 0 Å². The lowest BCUT2D eigenvalue weighted by Gasteiger charge is -2.02. The highest BCUT2D eigenvalue weighted by Crippen LogP contribution is 2.23.